The number of hydrogen-bond acceptors (Lipinski definition) is 1. The Morgan fingerprint density at radius 1 is 0.821 bits per heavy atom. The zero-order valence-electron chi connectivity index (χ0n) is 41.9. The van der Waals surface area contributed by atoms with Gasteiger partial charge >= 0.3 is 5.82 Å². The third-order valence-corrected chi connectivity index (χ3v) is 18.1. The minimum atomic E-state index is -1.65. The minimum Gasteiger partial charge on any atom is -0.455 e. The van der Waals surface area contributed by atoms with Gasteiger partial charge in [0.25, 0.3) is 0 Å². The first-order valence-electron chi connectivity index (χ1n) is 24.8. The van der Waals surface area contributed by atoms with E-state index in [1.54, 1.807) is 0 Å². The summed E-state index contributed by atoms with van der Waals surface area (Å²) in [6.45, 7) is 38.6. The first-order valence-corrected chi connectivity index (χ1v) is 28.3. The van der Waals surface area contributed by atoms with E-state index in [9.17, 15) is 0 Å². The standard InChI is InChI=1S/C62H71N3OSi/c1-14-16-35-61(8)36-34-46-30-32-51-50-28-22-23-29-55(50)66-59(51)56(46)60-64(43(7)39-62(61,9)63(10)40-48(15-2)67(11,12)13)54-33-31-45-26-20-21-27-49(45)58(54)65(60)57-52(41(3)4)37-47(38-53(57)42(5)6)44-24-18-17-19-25-44/h14,17-33,37-38,40-42H,1,7,10,15-16,34-36,39H2,2-6,8-9,11-13H3/q+2/b48-40+. The molecule has 0 saturated heterocycles. The summed E-state index contributed by atoms with van der Waals surface area (Å²) in [5.41, 5.74) is 13.3. The van der Waals surface area contributed by atoms with Crippen molar-refractivity contribution >= 4 is 64.2 Å². The predicted octanol–water partition coefficient (Wildman–Crippen LogP) is 17.0. The summed E-state index contributed by atoms with van der Waals surface area (Å²) in [6, 6.07) is 42.7. The van der Waals surface area contributed by atoms with Crippen molar-refractivity contribution in [1.29, 1.82) is 0 Å². The number of allylic oxidation sites excluding steroid dienone is 2. The van der Waals surface area contributed by atoms with Gasteiger partial charge in [-0.2, -0.15) is 9.13 Å². The lowest BCUT2D eigenvalue weighted by Gasteiger charge is -2.43. The van der Waals surface area contributed by atoms with E-state index >= 15 is 0 Å². The highest BCUT2D eigenvalue weighted by Crippen LogP contribution is 2.51. The summed E-state index contributed by atoms with van der Waals surface area (Å²) in [4.78, 5) is 0. The van der Waals surface area contributed by atoms with Gasteiger partial charge < -0.3 is 4.42 Å². The summed E-state index contributed by atoms with van der Waals surface area (Å²) >= 11 is 0. The van der Waals surface area contributed by atoms with Crippen LogP contribution in [0, 0.1) is 5.41 Å². The van der Waals surface area contributed by atoms with E-state index in [1.807, 2.05) is 0 Å². The maximum absolute atomic E-state index is 7.21. The quantitative estimate of drug-likeness (QED) is 0.0549. The lowest BCUT2D eigenvalue weighted by molar-refractivity contribution is -0.579. The molecule has 0 N–H and O–H groups in total. The van der Waals surface area contributed by atoms with Crippen LogP contribution in [0.1, 0.15) is 109 Å². The fraction of sp³-hybridized carbons (Fsp3) is 0.323. The zero-order valence-corrected chi connectivity index (χ0v) is 42.9. The van der Waals surface area contributed by atoms with Gasteiger partial charge in [-0.15, -0.1) is 6.58 Å². The van der Waals surface area contributed by atoms with Crippen LogP contribution in [0.25, 0.3) is 77.6 Å². The number of para-hydroxylation sites is 1. The number of benzene rings is 6. The van der Waals surface area contributed by atoms with E-state index in [0.29, 0.717) is 6.42 Å². The monoisotopic (exact) mass is 902 g/mol. The van der Waals surface area contributed by atoms with Gasteiger partial charge in [-0.25, -0.2) is 4.58 Å². The summed E-state index contributed by atoms with van der Waals surface area (Å²) in [7, 11) is -1.65. The van der Waals surface area contributed by atoms with Crippen LogP contribution < -0.4 is 4.57 Å². The van der Waals surface area contributed by atoms with Gasteiger partial charge in [0.05, 0.1) is 14.5 Å². The van der Waals surface area contributed by atoms with Crippen LogP contribution in [-0.4, -0.2) is 29.5 Å². The maximum Gasteiger partial charge on any atom is 0.304 e. The van der Waals surface area contributed by atoms with Gasteiger partial charge in [0.2, 0.25) is 0 Å². The fourth-order valence-electron chi connectivity index (χ4n) is 11.4. The molecule has 2 aromatic heterocycles. The van der Waals surface area contributed by atoms with E-state index in [4.69, 9.17) is 17.7 Å². The molecule has 8 aromatic rings. The van der Waals surface area contributed by atoms with Gasteiger partial charge in [-0.3, -0.25) is 0 Å². The number of imidazole rings is 1. The summed E-state index contributed by atoms with van der Waals surface area (Å²) in [5.74, 6) is 1.52. The molecule has 2 atom stereocenters. The molecular weight excluding hydrogens is 831 g/mol. The number of aromatic nitrogens is 2. The Bertz CT molecular complexity index is 3250. The molecule has 67 heavy (non-hydrogen) atoms. The Morgan fingerprint density at radius 3 is 2.13 bits per heavy atom. The van der Waals surface area contributed by atoms with Gasteiger partial charge in [-0.1, -0.05) is 153 Å². The first-order chi connectivity index (χ1) is 32.0. The molecule has 4 nitrogen and oxygen atoms in total. The van der Waals surface area contributed by atoms with Crippen molar-refractivity contribution in [2.45, 2.75) is 124 Å². The molecule has 1 aliphatic rings. The number of furan rings is 1. The van der Waals surface area contributed by atoms with Crippen molar-refractivity contribution in [3.05, 3.63) is 163 Å². The van der Waals surface area contributed by atoms with Crippen LogP contribution in [0.2, 0.25) is 19.6 Å². The Hall–Kier alpha value is -6.04. The fourth-order valence-corrected chi connectivity index (χ4v) is 13.0. The van der Waals surface area contributed by atoms with Crippen molar-refractivity contribution in [1.82, 2.24) is 4.57 Å². The molecule has 342 valence electrons. The molecule has 5 heteroatoms. The number of hydrogen-bond donors (Lipinski definition) is 0. The number of fused-ring (bicyclic) bond motifs is 11. The molecule has 0 aliphatic carbocycles. The van der Waals surface area contributed by atoms with E-state index in [2.05, 4.69) is 216 Å². The summed E-state index contributed by atoms with van der Waals surface area (Å²) < 4.78 is 14.8. The highest BCUT2D eigenvalue weighted by atomic mass is 28.3. The summed E-state index contributed by atoms with van der Waals surface area (Å²) in [5, 5.41) is 6.20. The molecule has 0 amide bonds. The van der Waals surface area contributed by atoms with E-state index < -0.39 is 13.6 Å². The smallest absolute Gasteiger partial charge is 0.304 e. The van der Waals surface area contributed by atoms with E-state index in [0.717, 1.165) is 76.6 Å². The van der Waals surface area contributed by atoms with Crippen LogP contribution in [-0.2, 0) is 6.42 Å². The van der Waals surface area contributed by atoms with Crippen molar-refractivity contribution < 1.29 is 13.6 Å². The molecule has 2 unspecified atom stereocenters. The largest absolute Gasteiger partial charge is 0.455 e. The zero-order chi connectivity index (χ0) is 47.6. The molecular formula is C62H71N3OSi+2. The first kappa shape index (κ1) is 46.1. The molecule has 1 aliphatic heterocycles. The number of aryl methyl sites for hydroxylation is 1. The topological polar surface area (TPSA) is 25.0 Å². The maximum atomic E-state index is 7.21. The molecule has 6 aromatic carbocycles. The normalized spacial score (nSPS) is 18.3. The van der Waals surface area contributed by atoms with Crippen molar-refractivity contribution in [2.75, 3.05) is 0 Å². The second-order valence-corrected chi connectivity index (χ2v) is 26.7. The van der Waals surface area contributed by atoms with Crippen LogP contribution in [0.4, 0.5) is 0 Å². The lowest BCUT2D eigenvalue weighted by Crippen LogP contribution is -2.54. The minimum absolute atomic E-state index is 0.188. The van der Waals surface area contributed by atoms with Gasteiger partial charge in [0.15, 0.2) is 28.4 Å². The molecule has 0 radical (unpaired) electrons. The number of nitrogens with zero attached hydrogens (tertiary/aromatic N) is 3. The highest BCUT2D eigenvalue weighted by molar-refractivity contribution is 6.83. The second-order valence-electron chi connectivity index (χ2n) is 21.5. The second kappa shape index (κ2) is 17.6. The van der Waals surface area contributed by atoms with Gasteiger partial charge in [-0.05, 0) is 108 Å². The van der Waals surface area contributed by atoms with Gasteiger partial charge in [0, 0.05) is 39.6 Å². The van der Waals surface area contributed by atoms with Crippen LogP contribution >= 0.6 is 0 Å². The Kier molecular flexibility index (Phi) is 12.1. The average Bonchev–Trinajstić information content (AvgIpc) is 3.87. The molecule has 0 saturated carbocycles. The van der Waals surface area contributed by atoms with Gasteiger partial charge in [0.1, 0.15) is 29.2 Å². The Balaban J connectivity index is 1.49. The Labute approximate surface area is 400 Å². The van der Waals surface area contributed by atoms with Crippen LogP contribution in [0.15, 0.2) is 150 Å². The summed E-state index contributed by atoms with van der Waals surface area (Å²) in [6.07, 6.45) is 9.93. The van der Waals surface area contributed by atoms with Crippen molar-refractivity contribution in [3.8, 4) is 28.2 Å². The van der Waals surface area contributed by atoms with Crippen LogP contribution in [0.3, 0.4) is 0 Å². The predicted molar refractivity (Wildman–Crippen MR) is 291 cm³/mol. The molecule has 0 fully saturated rings. The highest BCUT2D eigenvalue weighted by Gasteiger charge is 2.54. The SMILES string of the molecule is C=CCCC1(C)CCc2ccc3c(oc4ccccc43)c2-c2n(-c3c(C(C)C)cc(-c4ccccc4)cc3C(C)C)c3c4ccccc4ccc3[n+]2C(=C)CC1(C)[N+](=C)/C=C(\CC)[Si](C)(C)C. The lowest BCUT2D eigenvalue weighted by atomic mass is 9.63. The van der Waals surface area contributed by atoms with Crippen LogP contribution in [0.5, 0.6) is 0 Å². The molecule has 9 rings (SSSR count). The van der Waals surface area contributed by atoms with Crippen molar-refractivity contribution in [3.63, 3.8) is 0 Å². The third kappa shape index (κ3) is 7.77. The van der Waals surface area contributed by atoms with E-state index in [-0.39, 0.29) is 17.3 Å². The molecule has 3 heterocycles. The average molecular weight is 902 g/mol. The Morgan fingerprint density at radius 2 is 1.48 bits per heavy atom. The van der Waals surface area contributed by atoms with E-state index in [1.165, 1.54) is 55.0 Å². The number of rotatable bonds is 11. The third-order valence-electron chi connectivity index (χ3n) is 15.7. The molecule has 0 bridgehead atoms. The van der Waals surface area contributed by atoms with Crippen molar-refractivity contribution in [2.24, 2.45) is 5.41 Å². The molecule has 0 spiro atoms.